The van der Waals surface area contributed by atoms with Gasteiger partial charge >= 0.3 is 0 Å². The first-order chi connectivity index (χ1) is 8.40. The Hall–Kier alpha value is -1.56. The minimum atomic E-state index is -3.56. The van der Waals surface area contributed by atoms with Crippen molar-refractivity contribution in [2.45, 2.75) is 31.6 Å². The summed E-state index contributed by atoms with van der Waals surface area (Å²) in [4.78, 5) is 11.9. The van der Waals surface area contributed by atoms with Gasteiger partial charge in [0, 0.05) is 12.1 Å². The summed E-state index contributed by atoms with van der Waals surface area (Å²) in [5.41, 5.74) is 1.92. The first-order valence-corrected chi connectivity index (χ1v) is 7.34. The van der Waals surface area contributed by atoms with Gasteiger partial charge in [-0.05, 0) is 25.5 Å². The van der Waals surface area contributed by atoms with Crippen LogP contribution in [0.25, 0.3) is 0 Å². The molecule has 0 saturated carbocycles. The summed E-state index contributed by atoms with van der Waals surface area (Å²) in [6, 6.07) is 7.05. The van der Waals surface area contributed by atoms with Crippen LogP contribution in [0.2, 0.25) is 0 Å². The third-order valence-electron chi connectivity index (χ3n) is 2.95. The van der Waals surface area contributed by atoms with E-state index in [1.54, 1.807) is 0 Å². The molecule has 0 fully saturated rings. The molecule has 1 atom stereocenters. The molecule has 2 N–H and O–H groups in total. The molecule has 1 aromatic rings. The maximum Gasteiger partial charge on any atom is 0.256 e. The highest BCUT2D eigenvalue weighted by atomic mass is 32.2. The van der Waals surface area contributed by atoms with Gasteiger partial charge < -0.3 is 5.32 Å². The third kappa shape index (κ3) is 2.48. The molecule has 6 heteroatoms. The van der Waals surface area contributed by atoms with Crippen molar-refractivity contribution in [3.05, 3.63) is 29.8 Å². The van der Waals surface area contributed by atoms with Gasteiger partial charge in [-0.1, -0.05) is 18.2 Å². The molecule has 98 valence electrons. The molecule has 0 radical (unpaired) electrons. The lowest BCUT2D eigenvalue weighted by Gasteiger charge is -2.14. The van der Waals surface area contributed by atoms with Gasteiger partial charge in [0.25, 0.3) is 5.91 Å². The number of amides is 1. The van der Waals surface area contributed by atoms with Gasteiger partial charge in [0.2, 0.25) is 10.0 Å². The van der Waals surface area contributed by atoms with Crippen molar-refractivity contribution < 1.29 is 13.2 Å². The maximum atomic E-state index is 11.9. The number of fused-ring (bicyclic) bond motifs is 1. The summed E-state index contributed by atoms with van der Waals surface area (Å²) in [5.74, 6) is -0.500. The lowest BCUT2D eigenvalue weighted by atomic mass is 10.1. The van der Waals surface area contributed by atoms with Crippen molar-refractivity contribution in [1.82, 2.24) is 4.72 Å². The number of hydrogen-bond acceptors (Lipinski definition) is 4. The Kier molecular flexibility index (Phi) is 3.30. The largest absolute Gasteiger partial charge is 0.373 e. The molecule has 0 aliphatic carbocycles. The summed E-state index contributed by atoms with van der Waals surface area (Å²) >= 11 is 0. The number of carbonyl (C=O) groups is 1. The minimum Gasteiger partial charge on any atom is -0.373 e. The average Bonchev–Trinajstić information content (AvgIpc) is 2.71. The summed E-state index contributed by atoms with van der Waals surface area (Å²) in [7, 11) is -3.56. The Balaban J connectivity index is 2.07. The summed E-state index contributed by atoms with van der Waals surface area (Å²) in [6.07, 6.45) is 0.510. The molecule has 18 heavy (non-hydrogen) atoms. The van der Waals surface area contributed by atoms with Crippen LogP contribution < -0.4 is 10.0 Å². The van der Waals surface area contributed by atoms with Gasteiger partial charge in [-0.2, -0.15) is 0 Å². The molecule has 5 nitrogen and oxygen atoms in total. The zero-order valence-electron chi connectivity index (χ0n) is 10.3. The molecule has 0 bridgehead atoms. The van der Waals surface area contributed by atoms with E-state index in [9.17, 15) is 13.2 Å². The van der Waals surface area contributed by atoms with E-state index in [0.717, 1.165) is 11.3 Å². The first kappa shape index (κ1) is 12.9. The lowest BCUT2D eigenvalue weighted by Crippen LogP contribution is -2.44. The molecule has 0 saturated heterocycles. The molecule has 1 aliphatic rings. The molecular weight excluding hydrogens is 252 g/mol. The minimum absolute atomic E-state index is 0.500. The molecule has 2 rings (SSSR count). The Morgan fingerprint density at radius 2 is 2.06 bits per heavy atom. The number of para-hydroxylation sites is 1. The van der Waals surface area contributed by atoms with Crippen molar-refractivity contribution in [2.75, 3.05) is 5.32 Å². The average molecular weight is 268 g/mol. The van der Waals surface area contributed by atoms with E-state index in [0.29, 0.717) is 6.42 Å². The SMILES string of the molecule is CC(C)S(=O)(=O)NC(=O)C1Cc2ccccc2N1. The highest BCUT2D eigenvalue weighted by Crippen LogP contribution is 2.25. The number of hydrogen-bond donors (Lipinski definition) is 2. The number of carbonyl (C=O) groups excluding carboxylic acids is 1. The predicted molar refractivity (Wildman–Crippen MR) is 69.8 cm³/mol. The smallest absolute Gasteiger partial charge is 0.256 e. The van der Waals surface area contributed by atoms with Crippen molar-refractivity contribution >= 4 is 21.6 Å². The van der Waals surface area contributed by atoms with Crippen LogP contribution in [0.1, 0.15) is 19.4 Å². The highest BCUT2D eigenvalue weighted by Gasteiger charge is 2.29. The van der Waals surface area contributed by atoms with E-state index < -0.39 is 27.2 Å². The molecule has 1 aliphatic heterocycles. The second kappa shape index (κ2) is 4.61. The van der Waals surface area contributed by atoms with Crippen LogP contribution in [0.4, 0.5) is 5.69 Å². The fraction of sp³-hybridized carbons (Fsp3) is 0.417. The second-order valence-electron chi connectivity index (χ2n) is 4.62. The van der Waals surface area contributed by atoms with E-state index in [1.807, 2.05) is 24.3 Å². The second-order valence-corrected chi connectivity index (χ2v) is 6.86. The molecule has 1 aromatic carbocycles. The van der Waals surface area contributed by atoms with Gasteiger partial charge in [0.15, 0.2) is 0 Å². The van der Waals surface area contributed by atoms with E-state index in [4.69, 9.17) is 0 Å². The Bertz CT molecular complexity index is 541. The molecule has 1 heterocycles. The normalized spacial score (nSPS) is 18.3. The van der Waals surface area contributed by atoms with Crippen LogP contribution in [0.5, 0.6) is 0 Å². The fourth-order valence-electron chi connectivity index (χ4n) is 1.79. The van der Waals surface area contributed by atoms with Crippen molar-refractivity contribution in [3.8, 4) is 0 Å². The van der Waals surface area contributed by atoms with Crippen LogP contribution in [0, 0.1) is 0 Å². The fourth-order valence-corrected chi connectivity index (χ4v) is 2.44. The zero-order valence-corrected chi connectivity index (χ0v) is 11.1. The van der Waals surface area contributed by atoms with Crippen LogP contribution in [0.3, 0.4) is 0 Å². The molecular formula is C12H16N2O3S. The zero-order chi connectivity index (χ0) is 13.3. The van der Waals surface area contributed by atoms with E-state index in [2.05, 4.69) is 10.0 Å². The van der Waals surface area contributed by atoms with Crippen molar-refractivity contribution in [1.29, 1.82) is 0 Å². The third-order valence-corrected chi connectivity index (χ3v) is 4.68. The molecule has 0 spiro atoms. The van der Waals surface area contributed by atoms with E-state index >= 15 is 0 Å². The Morgan fingerprint density at radius 1 is 1.39 bits per heavy atom. The van der Waals surface area contributed by atoms with Crippen LogP contribution >= 0.6 is 0 Å². The van der Waals surface area contributed by atoms with Gasteiger partial charge in [0.05, 0.1) is 5.25 Å². The maximum absolute atomic E-state index is 11.9. The number of sulfonamides is 1. The van der Waals surface area contributed by atoms with Gasteiger partial charge in [-0.25, -0.2) is 8.42 Å². The predicted octanol–water partition coefficient (Wildman–Crippen LogP) is 0.878. The highest BCUT2D eigenvalue weighted by molar-refractivity contribution is 7.90. The lowest BCUT2D eigenvalue weighted by molar-refractivity contribution is -0.119. The summed E-state index contributed by atoms with van der Waals surface area (Å²) < 4.78 is 25.3. The van der Waals surface area contributed by atoms with E-state index in [1.165, 1.54) is 13.8 Å². The van der Waals surface area contributed by atoms with Crippen molar-refractivity contribution in [3.63, 3.8) is 0 Å². The van der Waals surface area contributed by atoms with Crippen molar-refractivity contribution in [2.24, 2.45) is 0 Å². The monoisotopic (exact) mass is 268 g/mol. The number of nitrogens with one attached hydrogen (secondary N) is 2. The van der Waals surface area contributed by atoms with Gasteiger partial charge in [-0.15, -0.1) is 0 Å². The Morgan fingerprint density at radius 3 is 2.67 bits per heavy atom. The quantitative estimate of drug-likeness (QED) is 0.853. The summed E-state index contributed by atoms with van der Waals surface area (Å²) in [6.45, 7) is 3.07. The van der Waals surface area contributed by atoms with Crippen LogP contribution in [0.15, 0.2) is 24.3 Å². The first-order valence-electron chi connectivity index (χ1n) is 5.80. The number of benzene rings is 1. The molecule has 0 aromatic heterocycles. The van der Waals surface area contributed by atoms with Gasteiger partial charge in [0.1, 0.15) is 6.04 Å². The molecule has 1 amide bonds. The number of anilines is 1. The standard InChI is InChI=1S/C12H16N2O3S/c1-8(2)18(16,17)14-12(15)11-7-9-5-3-4-6-10(9)13-11/h3-6,8,11,13H,7H2,1-2H3,(H,14,15). The Labute approximate surface area is 107 Å². The van der Waals surface area contributed by atoms with E-state index in [-0.39, 0.29) is 0 Å². The van der Waals surface area contributed by atoms with Crippen LogP contribution in [-0.2, 0) is 21.2 Å². The van der Waals surface area contributed by atoms with Gasteiger partial charge in [-0.3, -0.25) is 9.52 Å². The topological polar surface area (TPSA) is 75.3 Å². The summed E-state index contributed by atoms with van der Waals surface area (Å²) in [5, 5.41) is 2.40. The van der Waals surface area contributed by atoms with Crippen LogP contribution in [-0.4, -0.2) is 25.6 Å². The molecule has 1 unspecified atom stereocenters. The number of rotatable bonds is 3.